The predicted octanol–water partition coefficient (Wildman–Crippen LogP) is 3.24. The number of hydrogen-bond donors (Lipinski definition) is 1. The SMILES string of the molecule is CCCCn1c(=O)c2ccccc2n2c(SCc3cccc(C(N)=O)c3)nnc12. The summed E-state index contributed by atoms with van der Waals surface area (Å²) in [5.41, 5.74) is 7.57. The second-order valence-electron chi connectivity index (χ2n) is 6.80. The lowest BCUT2D eigenvalue weighted by atomic mass is 10.1. The number of carbonyl (C=O) groups excluding carboxylic acids is 1. The number of nitrogens with two attached hydrogens (primary N) is 1. The highest BCUT2D eigenvalue weighted by Gasteiger charge is 2.16. The van der Waals surface area contributed by atoms with E-state index in [1.54, 1.807) is 16.7 Å². The van der Waals surface area contributed by atoms with E-state index in [4.69, 9.17) is 5.73 Å². The molecule has 2 N–H and O–H groups in total. The van der Waals surface area contributed by atoms with Crippen LogP contribution in [0.4, 0.5) is 0 Å². The van der Waals surface area contributed by atoms with Gasteiger partial charge in [-0.1, -0.05) is 49.4 Å². The molecular formula is C21H21N5O2S. The van der Waals surface area contributed by atoms with Gasteiger partial charge in [0.15, 0.2) is 5.16 Å². The maximum Gasteiger partial charge on any atom is 0.262 e. The van der Waals surface area contributed by atoms with Crippen LogP contribution >= 0.6 is 11.8 Å². The molecule has 0 aliphatic rings. The first kappa shape index (κ1) is 19.2. The van der Waals surface area contributed by atoms with E-state index in [2.05, 4.69) is 17.1 Å². The van der Waals surface area contributed by atoms with E-state index in [0.717, 1.165) is 23.9 Å². The van der Waals surface area contributed by atoms with Crippen molar-refractivity contribution in [3.05, 3.63) is 70.0 Å². The van der Waals surface area contributed by atoms with E-state index in [0.29, 0.717) is 34.2 Å². The number of thioether (sulfide) groups is 1. The van der Waals surface area contributed by atoms with Crippen LogP contribution < -0.4 is 11.3 Å². The summed E-state index contributed by atoms with van der Waals surface area (Å²) in [6, 6.07) is 14.8. The number of unbranched alkanes of at least 4 members (excludes halogenated alkanes) is 1. The van der Waals surface area contributed by atoms with Gasteiger partial charge in [-0.15, -0.1) is 10.2 Å². The molecule has 0 radical (unpaired) electrons. The van der Waals surface area contributed by atoms with Crippen molar-refractivity contribution in [3.8, 4) is 0 Å². The highest BCUT2D eigenvalue weighted by atomic mass is 32.2. The summed E-state index contributed by atoms with van der Waals surface area (Å²) in [5, 5.41) is 10.0. The van der Waals surface area contributed by atoms with Crippen molar-refractivity contribution in [2.24, 2.45) is 5.73 Å². The van der Waals surface area contributed by atoms with Gasteiger partial charge in [-0.3, -0.25) is 18.6 Å². The van der Waals surface area contributed by atoms with Crippen molar-refractivity contribution in [2.75, 3.05) is 0 Å². The van der Waals surface area contributed by atoms with E-state index in [-0.39, 0.29) is 5.56 Å². The fourth-order valence-corrected chi connectivity index (χ4v) is 4.19. The smallest absolute Gasteiger partial charge is 0.262 e. The van der Waals surface area contributed by atoms with Gasteiger partial charge >= 0.3 is 0 Å². The minimum Gasteiger partial charge on any atom is -0.366 e. The standard InChI is InChI=1S/C21H21N5O2S/c1-2-3-11-25-19(28)16-9-4-5-10-17(16)26-20(25)23-24-21(26)29-13-14-7-6-8-15(12-14)18(22)27/h4-10,12H,2-3,11,13H2,1H3,(H2,22,27). The summed E-state index contributed by atoms with van der Waals surface area (Å²) in [7, 11) is 0. The molecule has 0 atom stereocenters. The summed E-state index contributed by atoms with van der Waals surface area (Å²) < 4.78 is 3.64. The average Bonchev–Trinajstić information content (AvgIpc) is 3.16. The summed E-state index contributed by atoms with van der Waals surface area (Å²) in [6.07, 6.45) is 1.88. The first-order chi connectivity index (χ1) is 14.1. The van der Waals surface area contributed by atoms with Crippen molar-refractivity contribution in [1.82, 2.24) is 19.2 Å². The zero-order chi connectivity index (χ0) is 20.4. The van der Waals surface area contributed by atoms with Gasteiger partial charge in [-0.2, -0.15) is 0 Å². The van der Waals surface area contributed by atoms with Gasteiger partial charge < -0.3 is 5.73 Å². The first-order valence-corrected chi connectivity index (χ1v) is 10.5. The molecule has 0 fully saturated rings. The van der Waals surface area contributed by atoms with Crippen LogP contribution in [0.25, 0.3) is 16.7 Å². The Morgan fingerprint density at radius 3 is 2.76 bits per heavy atom. The molecule has 1 amide bonds. The second-order valence-corrected chi connectivity index (χ2v) is 7.74. The monoisotopic (exact) mass is 407 g/mol. The lowest BCUT2D eigenvalue weighted by Gasteiger charge is -2.11. The van der Waals surface area contributed by atoms with E-state index < -0.39 is 5.91 Å². The van der Waals surface area contributed by atoms with Crippen LogP contribution in [-0.2, 0) is 12.3 Å². The lowest BCUT2D eigenvalue weighted by Crippen LogP contribution is -2.23. The molecule has 0 bridgehead atoms. The van der Waals surface area contributed by atoms with E-state index in [1.807, 2.05) is 40.8 Å². The third kappa shape index (κ3) is 3.63. The number of benzene rings is 2. The molecule has 4 rings (SSSR count). The molecule has 2 aromatic carbocycles. The molecule has 2 aromatic heterocycles. The average molecular weight is 407 g/mol. The number of para-hydroxylation sites is 1. The zero-order valence-electron chi connectivity index (χ0n) is 16.0. The zero-order valence-corrected chi connectivity index (χ0v) is 16.9. The van der Waals surface area contributed by atoms with E-state index in [9.17, 15) is 9.59 Å². The lowest BCUT2D eigenvalue weighted by molar-refractivity contribution is 0.1000. The molecule has 7 nitrogen and oxygen atoms in total. The molecule has 0 aliphatic heterocycles. The molecule has 0 aliphatic carbocycles. The van der Waals surface area contributed by atoms with Crippen LogP contribution in [-0.4, -0.2) is 25.1 Å². The number of fused-ring (bicyclic) bond motifs is 3. The Morgan fingerprint density at radius 1 is 1.14 bits per heavy atom. The number of aromatic nitrogens is 4. The number of nitrogens with zero attached hydrogens (tertiary/aromatic N) is 4. The minimum absolute atomic E-state index is 0.0420. The van der Waals surface area contributed by atoms with Gasteiger partial charge in [0.05, 0.1) is 10.9 Å². The summed E-state index contributed by atoms with van der Waals surface area (Å²) in [5.74, 6) is 0.705. The third-order valence-corrected chi connectivity index (χ3v) is 5.79. The Balaban J connectivity index is 1.78. The van der Waals surface area contributed by atoms with Crippen molar-refractivity contribution < 1.29 is 4.79 Å². The molecule has 29 heavy (non-hydrogen) atoms. The van der Waals surface area contributed by atoms with Gasteiger partial charge in [0.25, 0.3) is 5.56 Å². The highest BCUT2D eigenvalue weighted by molar-refractivity contribution is 7.98. The molecule has 8 heteroatoms. The van der Waals surface area contributed by atoms with Crippen LogP contribution in [0.15, 0.2) is 58.5 Å². The molecule has 148 valence electrons. The van der Waals surface area contributed by atoms with E-state index >= 15 is 0 Å². The largest absolute Gasteiger partial charge is 0.366 e. The van der Waals surface area contributed by atoms with E-state index in [1.165, 1.54) is 11.8 Å². The van der Waals surface area contributed by atoms with Crippen LogP contribution in [0.1, 0.15) is 35.7 Å². The first-order valence-electron chi connectivity index (χ1n) is 9.48. The Hall–Kier alpha value is -3.13. The van der Waals surface area contributed by atoms with Crippen LogP contribution in [0.3, 0.4) is 0 Å². The quantitative estimate of drug-likeness (QED) is 0.475. The molecule has 0 saturated carbocycles. The minimum atomic E-state index is -0.448. The fraction of sp³-hybridized carbons (Fsp3) is 0.238. The molecule has 0 spiro atoms. The number of hydrogen-bond acceptors (Lipinski definition) is 5. The molecule has 0 saturated heterocycles. The molecule has 2 heterocycles. The normalized spacial score (nSPS) is 11.3. The number of aryl methyl sites for hydroxylation is 1. The Morgan fingerprint density at radius 2 is 1.97 bits per heavy atom. The van der Waals surface area contributed by atoms with Gasteiger partial charge in [0.2, 0.25) is 11.7 Å². The fourth-order valence-electron chi connectivity index (χ4n) is 3.31. The van der Waals surface area contributed by atoms with Gasteiger partial charge in [-0.25, -0.2) is 0 Å². The second kappa shape index (κ2) is 8.08. The van der Waals surface area contributed by atoms with Gasteiger partial charge in [0.1, 0.15) is 0 Å². The molecule has 0 unspecified atom stereocenters. The number of carbonyl (C=O) groups is 1. The van der Waals surface area contributed by atoms with Crippen LogP contribution in [0.5, 0.6) is 0 Å². The maximum atomic E-state index is 13.0. The molecular weight excluding hydrogens is 386 g/mol. The van der Waals surface area contributed by atoms with Crippen molar-refractivity contribution in [3.63, 3.8) is 0 Å². The number of amides is 1. The summed E-state index contributed by atoms with van der Waals surface area (Å²) in [4.78, 5) is 24.4. The summed E-state index contributed by atoms with van der Waals surface area (Å²) >= 11 is 1.51. The van der Waals surface area contributed by atoms with Crippen molar-refractivity contribution in [2.45, 2.75) is 37.2 Å². The third-order valence-electron chi connectivity index (χ3n) is 4.79. The van der Waals surface area contributed by atoms with Crippen molar-refractivity contribution in [1.29, 1.82) is 0 Å². The van der Waals surface area contributed by atoms with Crippen LogP contribution in [0.2, 0.25) is 0 Å². The van der Waals surface area contributed by atoms with Gasteiger partial charge in [-0.05, 0) is 36.2 Å². The molecule has 4 aromatic rings. The predicted molar refractivity (Wildman–Crippen MR) is 114 cm³/mol. The Bertz CT molecular complexity index is 1260. The van der Waals surface area contributed by atoms with Gasteiger partial charge in [0, 0.05) is 17.9 Å². The topological polar surface area (TPSA) is 95.3 Å². The highest BCUT2D eigenvalue weighted by Crippen LogP contribution is 2.25. The maximum absolute atomic E-state index is 13.0. The Kier molecular flexibility index (Phi) is 5.35. The Labute approximate surface area is 171 Å². The van der Waals surface area contributed by atoms with Crippen LogP contribution in [0, 0.1) is 0 Å². The number of primary amides is 1. The number of rotatable bonds is 7. The summed E-state index contributed by atoms with van der Waals surface area (Å²) in [6.45, 7) is 2.70. The van der Waals surface area contributed by atoms with Crippen molar-refractivity contribution >= 4 is 34.3 Å².